The summed E-state index contributed by atoms with van der Waals surface area (Å²) in [7, 11) is 1.51. The van der Waals surface area contributed by atoms with Crippen molar-refractivity contribution in [1.82, 2.24) is 4.98 Å². The Labute approximate surface area is 184 Å². The third-order valence-electron chi connectivity index (χ3n) is 5.17. The van der Waals surface area contributed by atoms with Gasteiger partial charge in [-0.15, -0.1) is 0 Å². The van der Waals surface area contributed by atoms with E-state index in [0.29, 0.717) is 27.7 Å². The van der Waals surface area contributed by atoms with Gasteiger partial charge in [-0.1, -0.05) is 29.8 Å². The van der Waals surface area contributed by atoms with Crippen LogP contribution in [0.5, 0.6) is 5.75 Å². The molecule has 6 nitrogen and oxygen atoms in total. The number of ketones is 1. The molecule has 1 N–H and O–H groups in total. The number of aromatic nitrogens is 1. The molecule has 1 aliphatic heterocycles. The average molecular weight is 435 g/mol. The predicted molar refractivity (Wildman–Crippen MR) is 118 cm³/mol. The van der Waals surface area contributed by atoms with Gasteiger partial charge in [0.15, 0.2) is 0 Å². The topological polar surface area (TPSA) is 79.7 Å². The number of carbonyl (C=O) groups excluding carboxylic acids is 2. The highest BCUT2D eigenvalue weighted by Crippen LogP contribution is 2.42. The quantitative estimate of drug-likeness (QED) is 0.366. The van der Waals surface area contributed by atoms with Crippen molar-refractivity contribution in [3.63, 3.8) is 0 Å². The summed E-state index contributed by atoms with van der Waals surface area (Å²) in [6, 6.07) is 16.1. The third-order valence-corrected chi connectivity index (χ3v) is 5.41. The van der Waals surface area contributed by atoms with Crippen molar-refractivity contribution in [2.45, 2.75) is 13.0 Å². The lowest BCUT2D eigenvalue weighted by Crippen LogP contribution is -2.30. The van der Waals surface area contributed by atoms with E-state index in [2.05, 4.69) is 4.98 Å². The van der Waals surface area contributed by atoms with E-state index in [-0.39, 0.29) is 11.3 Å². The summed E-state index contributed by atoms with van der Waals surface area (Å²) in [6.45, 7) is 1.80. The van der Waals surface area contributed by atoms with Crippen LogP contribution in [0.15, 0.2) is 72.4 Å². The van der Waals surface area contributed by atoms with E-state index in [0.717, 1.165) is 5.56 Å². The lowest BCUT2D eigenvalue weighted by Gasteiger charge is -2.26. The van der Waals surface area contributed by atoms with Crippen molar-refractivity contribution in [2.75, 3.05) is 12.0 Å². The SMILES string of the molecule is COc1cccc(/C(O)=C2\C(=O)C(=O)N(c3ccc(Cl)cc3C)C2c2ccccn2)c1. The first-order valence-electron chi connectivity index (χ1n) is 9.55. The number of amides is 1. The second-order valence-corrected chi connectivity index (χ2v) is 7.52. The molecular weight excluding hydrogens is 416 g/mol. The Balaban J connectivity index is 1.96. The van der Waals surface area contributed by atoms with Gasteiger partial charge in [0.1, 0.15) is 17.6 Å². The lowest BCUT2D eigenvalue weighted by atomic mass is 9.98. The van der Waals surface area contributed by atoms with E-state index in [1.807, 2.05) is 0 Å². The van der Waals surface area contributed by atoms with Gasteiger partial charge < -0.3 is 9.84 Å². The molecule has 31 heavy (non-hydrogen) atoms. The van der Waals surface area contributed by atoms with Gasteiger partial charge in [0.2, 0.25) is 0 Å². The number of Topliss-reactive ketones (excluding diaryl/α,β-unsaturated/α-hetero) is 1. The number of aliphatic hydroxyl groups is 1. The smallest absolute Gasteiger partial charge is 0.300 e. The largest absolute Gasteiger partial charge is 0.507 e. The number of carbonyl (C=O) groups is 2. The van der Waals surface area contributed by atoms with Crippen molar-refractivity contribution >= 4 is 34.7 Å². The minimum Gasteiger partial charge on any atom is -0.507 e. The highest BCUT2D eigenvalue weighted by atomic mass is 35.5. The average Bonchev–Trinajstić information content (AvgIpc) is 3.04. The highest BCUT2D eigenvalue weighted by molar-refractivity contribution is 6.51. The summed E-state index contributed by atoms with van der Waals surface area (Å²) in [4.78, 5) is 32.0. The standard InChI is InChI=1S/C24H19ClN2O4/c1-14-12-16(25)9-10-19(14)27-21(18-8-3-4-11-26-18)20(23(29)24(27)30)22(28)15-6-5-7-17(13-15)31-2/h3-13,21,28H,1-2H3/b22-20+. The number of aliphatic hydroxyl groups excluding tert-OH is 1. The molecule has 7 heteroatoms. The molecule has 1 amide bonds. The van der Waals surface area contributed by atoms with Crippen LogP contribution in [0.1, 0.15) is 22.9 Å². The summed E-state index contributed by atoms with van der Waals surface area (Å²) in [5.74, 6) is -1.31. The fourth-order valence-electron chi connectivity index (χ4n) is 3.71. The van der Waals surface area contributed by atoms with Crippen LogP contribution in [-0.4, -0.2) is 28.9 Å². The Morgan fingerprint density at radius 2 is 1.90 bits per heavy atom. The van der Waals surface area contributed by atoms with Crippen LogP contribution in [0.2, 0.25) is 5.02 Å². The minimum atomic E-state index is -0.896. The molecule has 0 spiro atoms. The third kappa shape index (κ3) is 3.66. The van der Waals surface area contributed by atoms with Gasteiger partial charge in [0.25, 0.3) is 11.7 Å². The first-order valence-corrected chi connectivity index (χ1v) is 9.92. The first kappa shape index (κ1) is 20.6. The summed E-state index contributed by atoms with van der Waals surface area (Å²) in [5, 5.41) is 11.6. The molecule has 1 fully saturated rings. The van der Waals surface area contributed by atoms with E-state index in [4.69, 9.17) is 16.3 Å². The van der Waals surface area contributed by atoms with Crippen molar-refractivity contribution in [3.8, 4) is 5.75 Å². The molecule has 1 unspecified atom stereocenters. The van der Waals surface area contributed by atoms with Crippen LogP contribution < -0.4 is 9.64 Å². The molecule has 1 atom stereocenters. The van der Waals surface area contributed by atoms with Crippen LogP contribution in [0.4, 0.5) is 5.69 Å². The van der Waals surface area contributed by atoms with Gasteiger partial charge in [-0.05, 0) is 55.0 Å². The van der Waals surface area contributed by atoms with E-state index in [1.165, 1.54) is 12.0 Å². The van der Waals surface area contributed by atoms with Crippen LogP contribution in [0.25, 0.3) is 5.76 Å². The molecule has 2 heterocycles. The number of ether oxygens (including phenoxy) is 1. The van der Waals surface area contributed by atoms with Crippen LogP contribution in [-0.2, 0) is 9.59 Å². The molecule has 0 saturated carbocycles. The molecule has 0 bridgehead atoms. The van der Waals surface area contributed by atoms with Crippen molar-refractivity contribution in [3.05, 3.63) is 94.3 Å². The fourth-order valence-corrected chi connectivity index (χ4v) is 3.94. The monoisotopic (exact) mass is 434 g/mol. The highest BCUT2D eigenvalue weighted by Gasteiger charge is 2.48. The Bertz CT molecular complexity index is 1210. The predicted octanol–water partition coefficient (Wildman–Crippen LogP) is 4.68. The van der Waals surface area contributed by atoms with E-state index in [9.17, 15) is 14.7 Å². The molecule has 1 saturated heterocycles. The van der Waals surface area contributed by atoms with Gasteiger partial charge in [-0.2, -0.15) is 0 Å². The maximum absolute atomic E-state index is 13.1. The zero-order valence-electron chi connectivity index (χ0n) is 16.9. The number of anilines is 1. The number of hydrogen-bond acceptors (Lipinski definition) is 5. The fraction of sp³-hybridized carbons (Fsp3) is 0.125. The van der Waals surface area contributed by atoms with E-state index < -0.39 is 17.7 Å². The Morgan fingerprint density at radius 3 is 2.58 bits per heavy atom. The summed E-state index contributed by atoms with van der Waals surface area (Å²) in [6.07, 6.45) is 1.58. The van der Waals surface area contributed by atoms with Crippen molar-refractivity contribution < 1.29 is 19.4 Å². The number of hydrogen-bond donors (Lipinski definition) is 1. The summed E-state index contributed by atoms with van der Waals surface area (Å²) >= 11 is 6.09. The molecule has 156 valence electrons. The number of pyridine rings is 1. The molecule has 3 aromatic rings. The summed E-state index contributed by atoms with van der Waals surface area (Å²) < 4.78 is 5.22. The Morgan fingerprint density at radius 1 is 1.10 bits per heavy atom. The van der Waals surface area contributed by atoms with Crippen LogP contribution in [0, 0.1) is 6.92 Å². The molecule has 0 radical (unpaired) electrons. The number of halogens is 1. The zero-order chi connectivity index (χ0) is 22.1. The Kier molecular flexibility index (Phi) is 5.48. The van der Waals surface area contributed by atoms with Gasteiger partial charge in [0.05, 0.1) is 18.4 Å². The van der Waals surface area contributed by atoms with E-state index >= 15 is 0 Å². The van der Waals surface area contributed by atoms with Gasteiger partial charge in [-0.3, -0.25) is 19.5 Å². The number of rotatable bonds is 4. The number of benzene rings is 2. The molecular formula is C24H19ClN2O4. The first-order chi connectivity index (χ1) is 14.9. The zero-order valence-corrected chi connectivity index (χ0v) is 17.6. The molecule has 1 aliphatic rings. The number of methoxy groups -OCH3 is 1. The summed E-state index contributed by atoms with van der Waals surface area (Å²) in [5.41, 5.74) is 2.03. The molecule has 0 aliphatic carbocycles. The Hall–Kier alpha value is -3.64. The minimum absolute atomic E-state index is 0.0358. The van der Waals surface area contributed by atoms with Crippen LogP contribution in [0.3, 0.4) is 0 Å². The second-order valence-electron chi connectivity index (χ2n) is 7.09. The molecule has 4 rings (SSSR count). The molecule has 1 aromatic heterocycles. The molecule has 2 aromatic carbocycles. The number of nitrogens with zero attached hydrogens (tertiary/aromatic N) is 2. The van der Waals surface area contributed by atoms with Gasteiger partial charge in [-0.25, -0.2) is 0 Å². The number of aryl methyl sites for hydroxylation is 1. The van der Waals surface area contributed by atoms with Crippen LogP contribution >= 0.6 is 11.6 Å². The maximum atomic E-state index is 13.1. The van der Waals surface area contributed by atoms with Crippen molar-refractivity contribution in [2.24, 2.45) is 0 Å². The second kappa shape index (κ2) is 8.24. The van der Waals surface area contributed by atoms with E-state index in [1.54, 1.807) is 73.8 Å². The van der Waals surface area contributed by atoms with Gasteiger partial charge in [0, 0.05) is 22.5 Å². The van der Waals surface area contributed by atoms with Gasteiger partial charge >= 0.3 is 0 Å². The maximum Gasteiger partial charge on any atom is 0.300 e. The van der Waals surface area contributed by atoms with Crippen molar-refractivity contribution in [1.29, 1.82) is 0 Å². The lowest BCUT2D eigenvalue weighted by molar-refractivity contribution is -0.132. The normalized spacial score (nSPS) is 17.8.